The maximum absolute atomic E-state index is 11.8. The lowest BCUT2D eigenvalue weighted by Gasteiger charge is -2.08. The molecular weight excluding hydrogens is 360 g/mol. The molecule has 0 atom stereocenters. The van der Waals surface area contributed by atoms with E-state index in [2.05, 4.69) is 5.32 Å². The summed E-state index contributed by atoms with van der Waals surface area (Å²) in [5, 5.41) is 4.18. The largest absolute Gasteiger partial charge is 0.462 e. The van der Waals surface area contributed by atoms with E-state index in [9.17, 15) is 19.2 Å². The topological polar surface area (TPSA) is 104 Å². The molecule has 1 amide bonds. The van der Waals surface area contributed by atoms with Gasteiger partial charge in [0.1, 0.15) is 6.54 Å². The molecule has 1 N–H and O–H groups in total. The van der Waals surface area contributed by atoms with Crippen LogP contribution in [0.25, 0.3) is 0 Å². The highest BCUT2D eigenvalue weighted by molar-refractivity contribution is 7.07. The van der Waals surface area contributed by atoms with E-state index in [0.29, 0.717) is 16.9 Å². The van der Waals surface area contributed by atoms with Gasteiger partial charge in [0.15, 0.2) is 6.61 Å². The number of esters is 2. The Hall–Kier alpha value is -2.94. The van der Waals surface area contributed by atoms with Crippen molar-refractivity contribution in [2.75, 3.05) is 18.5 Å². The standard InChI is InChI=1S/C17H18N2O6S/c1-3-24-16(22)12-4-6-13(7-5-12)18-14(20)9-25-15(21)8-19-11(2)10-26-17(19)23/h4-7,10H,3,8-9H2,1-2H3,(H,18,20). The summed E-state index contributed by atoms with van der Waals surface area (Å²) in [6.45, 7) is 2.98. The van der Waals surface area contributed by atoms with Crippen molar-refractivity contribution in [1.29, 1.82) is 0 Å². The fourth-order valence-electron chi connectivity index (χ4n) is 2.02. The van der Waals surface area contributed by atoms with Gasteiger partial charge in [-0.1, -0.05) is 11.3 Å². The molecular formula is C17H18N2O6S. The number of nitrogens with one attached hydrogen (secondary N) is 1. The lowest BCUT2D eigenvalue weighted by molar-refractivity contribution is -0.147. The summed E-state index contributed by atoms with van der Waals surface area (Å²) in [4.78, 5) is 46.4. The third kappa shape index (κ3) is 5.28. The van der Waals surface area contributed by atoms with Crippen LogP contribution in [0.2, 0.25) is 0 Å². The van der Waals surface area contributed by atoms with Crippen LogP contribution in [0.1, 0.15) is 23.0 Å². The Morgan fingerprint density at radius 2 is 1.85 bits per heavy atom. The number of ether oxygens (including phenoxy) is 2. The Bertz CT molecular complexity index is 853. The van der Waals surface area contributed by atoms with Crippen molar-refractivity contribution in [1.82, 2.24) is 4.57 Å². The monoisotopic (exact) mass is 378 g/mol. The Morgan fingerprint density at radius 1 is 1.15 bits per heavy atom. The molecule has 1 aromatic heterocycles. The van der Waals surface area contributed by atoms with E-state index in [-0.39, 0.29) is 18.0 Å². The number of hydrogen-bond acceptors (Lipinski definition) is 7. The van der Waals surface area contributed by atoms with Crippen molar-refractivity contribution in [3.63, 3.8) is 0 Å². The second-order valence-electron chi connectivity index (χ2n) is 5.24. The molecule has 0 radical (unpaired) electrons. The number of anilines is 1. The van der Waals surface area contributed by atoms with Crippen molar-refractivity contribution < 1.29 is 23.9 Å². The molecule has 2 rings (SSSR count). The van der Waals surface area contributed by atoms with Gasteiger partial charge >= 0.3 is 16.8 Å². The van der Waals surface area contributed by atoms with Crippen molar-refractivity contribution in [3.8, 4) is 0 Å². The number of rotatable bonds is 7. The number of benzene rings is 1. The molecule has 0 spiro atoms. The first kappa shape index (κ1) is 19.4. The average molecular weight is 378 g/mol. The van der Waals surface area contributed by atoms with E-state index in [1.165, 1.54) is 16.7 Å². The number of nitrogens with zero attached hydrogens (tertiary/aromatic N) is 1. The highest BCUT2D eigenvalue weighted by Crippen LogP contribution is 2.10. The van der Waals surface area contributed by atoms with Crippen LogP contribution in [0, 0.1) is 6.92 Å². The summed E-state index contributed by atoms with van der Waals surface area (Å²) < 4.78 is 11.0. The van der Waals surface area contributed by atoms with Crippen LogP contribution >= 0.6 is 11.3 Å². The molecule has 0 fully saturated rings. The van der Waals surface area contributed by atoms with E-state index in [1.54, 1.807) is 31.4 Å². The SMILES string of the molecule is CCOC(=O)c1ccc(NC(=O)COC(=O)Cn2c(C)csc2=O)cc1. The summed E-state index contributed by atoms with van der Waals surface area (Å²) >= 11 is 0.993. The third-order valence-corrected chi connectivity index (χ3v) is 4.19. The van der Waals surface area contributed by atoms with E-state index in [0.717, 1.165) is 11.3 Å². The summed E-state index contributed by atoms with van der Waals surface area (Å²) in [5.74, 6) is -1.66. The molecule has 0 aliphatic heterocycles. The molecule has 0 saturated heterocycles. The predicted octanol–water partition coefficient (Wildman–Crippen LogP) is 1.58. The Kier molecular flexibility index (Phi) is 6.67. The minimum atomic E-state index is -0.679. The van der Waals surface area contributed by atoms with Crippen LogP contribution in [-0.4, -0.2) is 35.6 Å². The number of amides is 1. The van der Waals surface area contributed by atoms with E-state index in [4.69, 9.17) is 9.47 Å². The fourth-order valence-corrected chi connectivity index (χ4v) is 2.75. The number of carbonyl (C=O) groups is 3. The second-order valence-corrected chi connectivity index (χ2v) is 6.06. The zero-order valence-corrected chi connectivity index (χ0v) is 15.1. The van der Waals surface area contributed by atoms with Crippen molar-refractivity contribution >= 4 is 34.9 Å². The molecule has 138 valence electrons. The van der Waals surface area contributed by atoms with Crippen LogP contribution in [0.5, 0.6) is 0 Å². The van der Waals surface area contributed by atoms with Gasteiger partial charge in [-0.05, 0) is 38.1 Å². The maximum Gasteiger partial charge on any atom is 0.338 e. The Morgan fingerprint density at radius 3 is 2.42 bits per heavy atom. The minimum Gasteiger partial charge on any atom is -0.462 e. The average Bonchev–Trinajstić information content (AvgIpc) is 2.93. The molecule has 0 unspecified atom stereocenters. The minimum absolute atomic E-state index is 0.240. The van der Waals surface area contributed by atoms with Gasteiger partial charge in [-0.3, -0.25) is 19.0 Å². The van der Waals surface area contributed by atoms with Crippen molar-refractivity contribution in [3.05, 3.63) is 50.6 Å². The highest BCUT2D eigenvalue weighted by atomic mass is 32.1. The fraction of sp³-hybridized carbons (Fsp3) is 0.294. The quantitative estimate of drug-likeness (QED) is 0.734. The summed E-state index contributed by atoms with van der Waals surface area (Å²) in [6, 6.07) is 6.12. The molecule has 9 heteroatoms. The van der Waals surface area contributed by atoms with Gasteiger partial charge in [-0.25, -0.2) is 4.79 Å². The molecule has 8 nitrogen and oxygen atoms in total. The normalized spacial score (nSPS) is 10.2. The number of thiazole rings is 1. The highest BCUT2D eigenvalue weighted by Gasteiger charge is 2.12. The lowest BCUT2D eigenvalue weighted by atomic mass is 10.2. The molecule has 1 aromatic carbocycles. The van der Waals surface area contributed by atoms with Gasteiger partial charge < -0.3 is 14.8 Å². The summed E-state index contributed by atoms with van der Waals surface area (Å²) in [7, 11) is 0. The predicted molar refractivity (Wildman–Crippen MR) is 95.3 cm³/mol. The van der Waals surface area contributed by atoms with Gasteiger partial charge in [-0.2, -0.15) is 0 Å². The number of aromatic nitrogens is 1. The molecule has 0 bridgehead atoms. The summed E-state index contributed by atoms with van der Waals surface area (Å²) in [5.41, 5.74) is 1.47. The van der Waals surface area contributed by atoms with Crippen LogP contribution in [-0.2, 0) is 25.6 Å². The third-order valence-electron chi connectivity index (χ3n) is 3.31. The first-order chi connectivity index (χ1) is 12.4. The zero-order valence-electron chi connectivity index (χ0n) is 14.3. The van der Waals surface area contributed by atoms with Crippen molar-refractivity contribution in [2.45, 2.75) is 20.4 Å². The van der Waals surface area contributed by atoms with E-state index in [1.807, 2.05) is 0 Å². The summed E-state index contributed by atoms with van der Waals surface area (Å²) in [6.07, 6.45) is 0. The van der Waals surface area contributed by atoms with Gasteiger partial charge in [-0.15, -0.1) is 0 Å². The Labute approximate surface area is 153 Å². The molecule has 0 saturated carbocycles. The zero-order chi connectivity index (χ0) is 19.1. The van der Waals surface area contributed by atoms with Gasteiger partial charge in [0, 0.05) is 16.8 Å². The molecule has 2 aromatic rings. The van der Waals surface area contributed by atoms with Gasteiger partial charge in [0.2, 0.25) is 0 Å². The number of hydrogen-bond donors (Lipinski definition) is 1. The van der Waals surface area contributed by atoms with Crippen LogP contribution in [0.4, 0.5) is 5.69 Å². The van der Waals surface area contributed by atoms with Gasteiger partial charge in [0.05, 0.1) is 12.2 Å². The first-order valence-corrected chi connectivity index (χ1v) is 8.66. The molecule has 0 aliphatic rings. The molecule has 1 heterocycles. The van der Waals surface area contributed by atoms with E-state index >= 15 is 0 Å². The molecule has 26 heavy (non-hydrogen) atoms. The molecule has 0 aliphatic carbocycles. The smallest absolute Gasteiger partial charge is 0.338 e. The van der Waals surface area contributed by atoms with Crippen LogP contribution < -0.4 is 10.2 Å². The first-order valence-electron chi connectivity index (χ1n) is 7.78. The maximum atomic E-state index is 11.8. The van der Waals surface area contributed by atoms with Crippen LogP contribution in [0.3, 0.4) is 0 Å². The van der Waals surface area contributed by atoms with E-state index < -0.39 is 24.5 Å². The lowest BCUT2D eigenvalue weighted by Crippen LogP contribution is -2.26. The number of aryl methyl sites for hydroxylation is 1. The van der Waals surface area contributed by atoms with Gasteiger partial charge in [0.25, 0.3) is 5.91 Å². The second kappa shape index (κ2) is 8.95. The Balaban J connectivity index is 1.82. The van der Waals surface area contributed by atoms with Crippen molar-refractivity contribution in [2.24, 2.45) is 0 Å². The van der Waals surface area contributed by atoms with Crippen LogP contribution in [0.15, 0.2) is 34.4 Å². The number of carbonyl (C=O) groups excluding carboxylic acids is 3.